The highest BCUT2D eigenvalue weighted by Crippen LogP contribution is 2.33. The molecule has 0 atom stereocenters. The van der Waals surface area contributed by atoms with Gasteiger partial charge in [-0.2, -0.15) is 0 Å². The van der Waals surface area contributed by atoms with Crippen LogP contribution in [-0.2, 0) is 25.5 Å². The first-order valence-corrected chi connectivity index (χ1v) is 9.55. The lowest BCUT2D eigenvalue weighted by atomic mass is 9.77. The lowest BCUT2D eigenvalue weighted by molar-refractivity contribution is -0.168. The van der Waals surface area contributed by atoms with Gasteiger partial charge in [-0.3, -0.25) is 9.59 Å². The summed E-state index contributed by atoms with van der Waals surface area (Å²) in [5.41, 5.74) is 0.512. The highest BCUT2D eigenvalue weighted by atomic mass is 16.5. The van der Waals surface area contributed by atoms with E-state index in [1.165, 1.54) is 14.2 Å². The number of allylic oxidation sites excluding steroid dienone is 1. The van der Waals surface area contributed by atoms with E-state index in [1.54, 1.807) is 62.8 Å². The Morgan fingerprint density at radius 1 is 0.968 bits per heavy atom. The molecule has 31 heavy (non-hydrogen) atoms. The maximum atomic E-state index is 12.8. The van der Waals surface area contributed by atoms with Crippen molar-refractivity contribution in [2.24, 2.45) is 5.41 Å². The normalized spacial score (nSPS) is 10.9. The minimum absolute atomic E-state index is 0.0446. The van der Waals surface area contributed by atoms with E-state index in [1.807, 2.05) is 6.07 Å². The van der Waals surface area contributed by atoms with Crippen LogP contribution in [0.3, 0.4) is 0 Å². The Bertz CT molecular complexity index is 983. The number of hydrogen-bond acceptors (Lipinski definition) is 6. The molecule has 0 saturated carbocycles. The van der Waals surface area contributed by atoms with Gasteiger partial charge in [0, 0.05) is 12.0 Å². The smallest absolute Gasteiger partial charge is 0.323 e. The van der Waals surface area contributed by atoms with Gasteiger partial charge in [0.2, 0.25) is 0 Å². The molecule has 0 unspecified atom stereocenters. The molecule has 0 aliphatic rings. The Morgan fingerprint density at radius 2 is 1.61 bits per heavy atom. The average molecular weight is 422 g/mol. The number of terminal acetylenes is 1. The van der Waals surface area contributed by atoms with Crippen LogP contribution in [0, 0.1) is 17.8 Å². The van der Waals surface area contributed by atoms with Crippen molar-refractivity contribution >= 4 is 18.0 Å². The van der Waals surface area contributed by atoms with Crippen LogP contribution in [0.25, 0.3) is 6.08 Å². The van der Waals surface area contributed by atoms with Gasteiger partial charge in [-0.15, -0.1) is 6.42 Å². The molecule has 0 heterocycles. The van der Waals surface area contributed by atoms with Gasteiger partial charge in [-0.1, -0.05) is 42.3 Å². The lowest BCUT2D eigenvalue weighted by Crippen LogP contribution is -2.43. The van der Waals surface area contributed by atoms with E-state index >= 15 is 0 Å². The lowest BCUT2D eigenvalue weighted by Gasteiger charge is -2.27. The molecule has 6 heteroatoms. The monoisotopic (exact) mass is 422 g/mol. The third-order valence-corrected chi connectivity index (χ3v) is 5.00. The molecule has 0 spiro atoms. The Hall–Kier alpha value is -3.72. The summed E-state index contributed by atoms with van der Waals surface area (Å²) in [6.07, 6.45) is 9.21. The van der Waals surface area contributed by atoms with Crippen molar-refractivity contribution in [1.29, 1.82) is 0 Å². The van der Waals surface area contributed by atoms with Gasteiger partial charge in [0.1, 0.15) is 0 Å². The Morgan fingerprint density at radius 3 is 2.19 bits per heavy atom. The van der Waals surface area contributed by atoms with E-state index in [2.05, 4.69) is 5.92 Å². The highest BCUT2D eigenvalue weighted by molar-refractivity contribution is 6.00. The van der Waals surface area contributed by atoms with E-state index in [4.69, 9.17) is 25.4 Å². The molecular formula is C25H26O6. The van der Waals surface area contributed by atoms with Gasteiger partial charge >= 0.3 is 11.9 Å². The van der Waals surface area contributed by atoms with Gasteiger partial charge in [0.05, 0.1) is 28.4 Å². The fourth-order valence-electron chi connectivity index (χ4n) is 3.35. The number of ether oxygens (including phenoxy) is 4. The van der Waals surface area contributed by atoms with E-state index in [0.29, 0.717) is 22.6 Å². The van der Waals surface area contributed by atoms with Gasteiger partial charge in [0.15, 0.2) is 16.9 Å². The fourth-order valence-corrected chi connectivity index (χ4v) is 3.35. The molecule has 162 valence electrons. The molecule has 0 N–H and O–H groups in total. The summed E-state index contributed by atoms with van der Waals surface area (Å²) in [4.78, 5) is 25.6. The zero-order valence-corrected chi connectivity index (χ0v) is 18.1. The van der Waals surface area contributed by atoms with Crippen LogP contribution in [0.5, 0.6) is 11.5 Å². The van der Waals surface area contributed by atoms with Crippen LogP contribution in [0.2, 0.25) is 0 Å². The molecule has 0 radical (unpaired) electrons. The van der Waals surface area contributed by atoms with Crippen molar-refractivity contribution in [3.8, 4) is 23.8 Å². The highest BCUT2D eigenvalue weighted by Gasteiger charge is 2.47. The van der Waals surface area contributed by atoms with Crippen LogP contribution in [0.4, 0.5) is 0 Å². The van der Waals surface area contributed by atoms with Gasteiger partial charge in [0.25, 0.3) is 0 Å². The number of benzene rings is 2. The minimum atomic E-state index is -1.58. The molecule has 0 fully saturated rings. The van der Waals surface area contributed by atoms with Gasteiger partial charge in [-0.05, 0) is 35.7 Å². The van der Waals surface area contributed by atoms with Crippen molar-refractivity contribution in [2.75, 3.05) is 28.4 Å². The number of carbonyl (C=O) groups is 2. The summed E-state index contributed by atoms with van der Waals surface area (Å²) in [5, 5.41) is 0. The number of rotatable bonds is 9. The molecule has 0 aliphatic heterocycles. The predicted octanol–water partition coefficient (Wildman–Crippen LogP) is 3.66. The van der Waals surface area contributed by atoms with Crippen LogP contribution in [0.1, 0.15) is 23.1 Å². The molecule has 0 aliphatic carbocycles. The largest absolute Gasteiger partial charge is 0.493 e. The minimum Gasteiger partial charge on any atom is -0.493 e. The summed E-state index contributed by atoms with van der Waals surface area (Å²) in [6, 6.07) is 12.5. The fraction of sp³-hybridized carbons (Fsp3) is 0.280. The Kier molecular flexibility index (Phi) is 8.27. The summed E-state index contributed by atoms with van der Waals surface area (Å²) in [6.45, 7) is 0. The Balaban J connectivity index is 2.43. The summed E-state index contributed by atoms with van der Waals surface area (Å²) in [5.74, 6) is 2.38. The first kappa shape index (κ1) is 23.6. The first-order valence-electron chi connectivity index (χ1n) is 9.55. The molecular weight excluding hydrogens is 396 g/mol. The van der Waals surface area contributed by atoms with E-state index in [9.17, 15) is 9.59 Å². The molecule has 0 bridgehead atoms. The maximum Gasteiger partial charge on any atom is 0.323 e. The first-order chi connectivity index (χ1) is 14.9. The third-order valence-electron chi connectivity index (χ3n) is 5.00. The second-order valence-electron chi connectivity index (χ2n) is 6.76. The third kappa shape index (κ3) is 5.26. The maximum absolute atomic E-state index is 12.8. The van der Waals surface area contributed by atoms with E-state index in [-0.39, 0.29) is 12.8 Å². The van der Waals surface area contributed by atoms with Crippen LogP contribution >= 0.6 is 0 Å². The van der Waals surface area contributed by atoms with E-state index < -0.39 is 17.4 Å². The predicted molar refractivity (Wildman–Crippen MR) is 118 cm³/mol. The van der Waals surface area contributed by atoms with Crippen LogP contribution in [-0.4, -0.2) is 40.4 Å². The SMILES string of the molecule is C#Cc1ccccc1CC(C/C=C/c1ccc(OC)c(OC)c1)(C(=O)OC)C(=O)OC. The summed E-state index contributed by atoms with van der Waals surface area (Å²) in [7, 11) is 5.59. The number of carbonyl (C=O) groups excluding carboxylic acids is 2. The molecule has 2 aromatic carbocycles. The molecule has 2 rings (SSSR count). The van der Waals surface area contributed by atoms with E-state index in [0.717, 1.165) is 5.56 Å². The molecule has 0 aromatic heterocycles. The van der Waals surface area contributed by atoms with Gasteiger partial charge in [-0.25, -0.2) is 0 Å². The van der Waals surface area contributed by atoms with Gasteiger partial charge < -0.3 is 18.9 Å². The van der Waals surface area contributed by atoms with Crippen LogP contribution in [0.15, 0.2) is 48.5 Å². The second kappa shape index (κ2) is 10.9. The molecule has 0 amide bonds. The number of esters is 2. The van der Waals surface area contributed by atoms with Crippen LogP contribution < -0.4 is 9.47 Å². The summed E-state index contributed by atoms with van der Waals surface area (Å²) < 4.78 is 20.5. The Labute approximate surface area is 182 Å². The average Bonchev–Trinajstić information content (AvgIpc) is 2.82. The zero-order chi connectivity index (χ0) is 22.9. The zero-order valence-electron chi connectivity index (χ0n) is 18.1. The molecule has 0 saturated heterocycles. The number of hydrogen-bond donors (Lipinski definition) is 0. The number of methoxy groups -OCH3 is 4. The summed E-state index contributed by atoms with van der Waals surface area (Å²) >= 11 is 0. The van der Waals surface area contributed by atoms with Crippen molar-refractivity contribution in [2.45, 2.75) is 12.8 Å². The molecule has 2 aromatic rings. The topological polar surface area (TPSA) is 71.1 Å². The standard InChI is InChI=1S/C25H26O6/c1-6-19-11-7-8-12-20(19)17-25(23(26)30-4,24(27)31-5)15-9-10-18-13-14-21(28-2)22(16-18)29-3/h1,7-14,16H,15,17H2,2-5H3/b10-9+. The van der Waals surface area contributed by atoms with Crippen molar-refractivity contribution in [3.05, 3.63) is 65.2 Å². The van der Waals surface area contributed by atoms with Crippen molar-refractivity contribution in [1.82, 2.24) is 0 Å². The van der Waals surface area contributed by atoms with Crippen molar-refractivity contribution < 1.29 is 28.5 Å². The molecule has 6 nitrogen and oxygen atoms in total. The van der Waals surface area contributed by atoms with Crippen molar-refractivity contribution in [3.63, 3.8) is 0 Å². The quantitative estimate of drug-likeness (QED) is 0.349. The second-order valence-corrected chi connectivity index (χ2v) is 6.76.